The summed E-state index contributed by atoms with van der Waals surface area (Å²) >= 11 is 0. The molecule has 2 N–H and O–H groups in total. The van der Waals surface area contributed by atoms with E-state index in [2.05, 4.69) is 24.4 Å². The maximum atomic E-state index is 11.9. The van der Waals surface area contributed by atoms with Gasteiger partial charge in [-0.2, -0.15) is 0 Å². The molecule has 0 bridgehead atoms. The van der Waals surface area contributed by atoms with Gasteiger partial charge in [0.25, 0.3) is 0 Å². The number of hydrogen-bond acceptors (Lipinski definition) is 2. The van der Waals surface area contributed by atoms with E-state index in [-0.39, 0.29) is 17.4 Å². The van der Waals surface area contributed by atoms with Crippen molar-refractivity contribution >= 4 is 5.91 Å². The Hall–Kier alpha value is -0.830. The molecule has 1 saturated carbocycles. The van der Waals surface area contributed by atoms with Gasteiger partial charge in [0.15, 0.2) is 0 Å². The molecule has 18 heavy (non-hydrogen) atoms. The number of aliphatic hydroxyl groups is 1. The smallest absolute Gasteiger partial charge is 0.220 e. The first-order valence-electron chi connectivity index (χ1n) is 7.21. The van der Waals surface area contributed by atoms with Crippen molar-refractivity contribution in [1.82, 2.24) is 5.32 Å². The zero-order valence-corrected chi connectivity index (χ0v) is 11.3. The molecular formula is C15H25NO2. The molecule has 3 nitrogen and oxygen atoms in total. The van der Waals surface area contributed by atoms with Crippen molar-refractivity contribution in [2.75, 3.05) is 6.54 Å². The molecule has 3 atom stereocenters. The standard InChI is InChI=1S/C15H25NO2/c1-15(9-5-4-8-13(15)17)11-16-14(18)10-12-6-2-3-7-12/h2,6,12-13,17H,3-5,7-11H2,1H3,(H,16,18). The first kappa shape index (κ1) is 13.6. The molecular weight excluding hydrogens is 226 g/mol. The lowest BCUT2D eigenvalue weighted by molar-refractivity contribution is -0.122. The third kappa shape index (κ3) is 3.35. The van der Waals surface area contributed by atoms with Gasteiger partial charge in [0.2, 0.25) is 5.91 Å². The number of carbonyl (C=O) groups excluding carboxylic acids is 1. The van der Waals surface area contributed by atoms with Crippen LogP contribution in [0.25, 0.3) is 0 Å². The molecule has 2 aliphatic rings. The maximum Gasteiger partial charge on any atom is 0.220 e. The lowest BCUT2D eigenvalue weighted by Gasteiger charge is -2.38. The van der Waals surface area contributed by atoms with Gasteiger partial charge in [0.05, 0.1) is 6.10 Å². The van der Waals surface area contributed by atoms with E-state index in [1.165, 1.54) is 0 Å². The van der Waals surface area contributed by atoms with Crippen LogP contribution in [-0.2, 0) is 4.79 Å². The minimum Gasteiger partial charge on any atom is -0.392 e. The minimum absolute atomic E-state index is 0.126. The molecule has 0 saturated heterocycles. The summed E-state index contributed by atoms with van der Waals surface area (Å²) in [6.07, 6.45) is 11.0. The number of amides is 1. The van der Waals surface area contributed by atoms with Gasteiger partial charge in [0.1, 0.15) is 0 Å². The van der Waals surface area contributed by atoms with Gasteiger partial charge in [-0.15, -0.1) is 0 Å². The SMILES string of the molecule is CC1(CNC(=O)CC2C=CCC2)CCCCC1O. The molecule has 2 aliphatic carbocycles. The Balaban J connectivity index is 1.75. The molecule has 0 aromatic heterocycles. The fourth-order valence-corrected chi connectivity index (χ4v) is 3.06. The second kappa shape index (κ2) is 5.87. The van der Waals surface area contributed by atoms with E-state index in [0.29, 0.717) is 18.9 Å². The lowest BCUT2D eigenvalue weighted by Crippen LogP contribution is -2.45. The van der Waals surface area contributed by atoms with Crippen molar-refractivity contribution < 1.29 is 9.90 Å². The topological polar surface area (TPSA) is 49.3 Å². The molecule has 0 spiro atoms. The van der Waals surface area contributed by atoms with Gasteiger partial charge >= 0.3 is 0 Å². The molecule has 1 amide bonds. The monoisotopic (exact) mass is 251 g/mol. The molecule has 0 aromatic carbocycles. The number of allylic oxidation sites excluding steroid dienone is 2. The third-order valence-electron chi connectivity index (χ3n) is 4.53. The molecule has 0 aliphatic heterocycles. The van der Waals surface area contributed by atoms with Gasteiger partial charge in [-0.1, -0.05) is 31.9 Å². The van der Waals surface area contributed by atoms with Crippen molar-refractivity contribution in [3.63, 3.8) is 0 Å². The Bertz CT molecular complexity index is 326. The van der Waals surface area contributed by atoms with E-state index < -0.39 is 0 Å². The zero-order valence-electron chi connectivity index (χ0n) is 11.3. The summed E-state index contributed by atoms with van der Waals surface area (Å²) in [7, 11) is 0. The quantitative estimate of drug-likeness (QED) is 0.754. The van der Waals surface area contributed by atoms with Crippen LogP contribution < -0.4 is 5.32 Å². The van der Waals surface area contributed by atoms with Crippen LogP contribution in [0.2, 0.25) is 0 Å². The highest BCUT2D eigenvalue weighted by atomic mass is 16.3. The van der Waals surface area contributed by atoms with Crippen LogP contribution in [0.5, 0.6) is 0 Å². The second-order valence-corrected chi connectivity index (χ2v) is 6.16. The van der Waals surface area contributed by atoms with Crippen molar-refractivity contribution in [3.05, 3.63) is 12.2 Å². The fraction of sp³-hybridized carbons (Fsp3) is 0.800. The first-order chi connectivity index (χ1) is 8.60. The average Bonchev–Trinajstić information content (AvgIpc) is 2.84. The number of aliphatic hydroxyl groups excluding tert-OH is 1. The summed E-state index contributed by atoms with van der Waals surface area (Å²) in [4.78, 5) is 11.9. The fourth-order valence-electron chi connectivity index (χ4n) is 3.06. The van der Waals surface area contributed by atoms with Crippen LogP contribution in [0.15, 0.2) is 12.2 Å². The van der Waals surface area contributed by atoms with Crippen molar-refractivity contribution in [2.24, 2.45) is 11.3 Å². The second-order valence-electron chi connectivity index (χ2n) is 6.16. The molecule has 3 unspecified atom stereocenters. The molecule has 0 radical (unpaired) electrons. The maximum absolute atomic E-state index is 11.9. The van der Waals surface area contributed by atoms with E-state index in [9.17, 15) is 9.90 Å². The minimum atomic E-state index is -0.266. The summed E-state index contributed by atoms with van der Waals surface area (Å²) in [5.74, 6) is 0.555. The number of hydrogen-bond donors (Lipinski definition) is 2. The van der Waals surface area contributed by atoms with Crippen LogP contribution in [0, 0.1) is 11.3 Å². The highest BCUT2D eigenvalue weighted by Gasteiger charge is 2.35. The molecule has 2 rings (SSSR count). The Morgan fingerprint density at radius 2 is 2.28 bits per heavy atom. The van der Waals surface area contributed by atoms with Crippen LogP contribution >= 0.6 is 0 Å². The van der Waals surface area contributed by atoms with Crippen molar-refractivity contribution in [1.29, 1.82) is 0 Å². The molecule has 102 valence electrons. The molecule has 0 aromatic rings. The molecule has 1 fully saturated rings. The highest BCUT2D eigenvalue weighted by molar-refractivity contribution is 5.76. The summed E-state index contributed by atoms with van der Waals surface area (Å²) in [6.45, 7) is 2.70. The largest absolute Gasteiger partial charge is 0.392 e. The number of carbonyl (C=O) groups is 1. The van der Waals surface area contributed by atoms with Gasteiger partial charge in [-0.3, -0.25) is 4.79 Å². The summed E-state index contributed by atoms with van der Waals surface area (Å²) in [5.41, 5.74) is -0.126. The van der Waals surface area contributed by atoms with Gasteiger partial charge < -0.3 is 10.4 Å². The van der Waals surface area contributed by atoms with E-state index in [0.717, 1.165) is 38.5 Å². The Kier molecular flexibility index (Phi) is 4.44. The van der Waals surface area contributed by atoms with Gasteiger partial charge in [0, 0.05) is 18.4 Å². The van der Waals surface area contributed by atoms with Crippen LogP contribution in [-0.4, -0.2) is 23.7 Å². The first-order valence-corrected chi connectivity index (χ1v) is 7.21. The van der Waals surface area contributed by atoms with E-state index in [4.69, 9.17) is 0 Å². The van der Waals surface area contributed by atoms with E-state index in [1.807, 2.05) is 0 Å². The van der Waals surface area contributed by atoms with Gasteiger partial charge in [-0.05, 0) is 31.6 Å². The molecule has 3 heteroatoms. The van der Waals surface area contributed by atoms with Crippen LogP contribution in [0.3, 0.4) is 0 Å². The average molecular weight is 251 g/mol. The highest BCUT2D eigenvalue weighted by Crippen LogP contribution is 2.35. The molecule has 0 heterocycles. The lowest BCUT2D eigenvalue weighted by atomic mass is 9.73. The summed E-state index contributed by atoms with van der Waals surface area (Å²) in [6, 6.07) is 0. The number of nitrogens with one attached hydrogen (secondary N) is 1. The Labute approximate surface area is 110 Å². The van der Waals surface area contributed by atoms with Crippen LogP contribution in [0.4, 0.5) is 0 Å². The summed E-state index contributed by atoms with van der Waals surface area (Å²) in [5, 5.41) is 13.1. The third-order valence-corrected chi connectivity index (χ3v) is 4.53. The van der Waals surface area contributed by atoms with E-state index >= 15 is 0 Å². The Morgan fingerprint density at radius 1 is 1.44 bits per heavy atom. The zero-order chi connectivity index (χ0) is 13.0. The normalized spacial score (nSPS) is 35.7. The number of rotatable bonds is 4. The predicted molar refractivity (Wildman–Crippen MR) is 72.1 cm³/mol. The van der Waals surface area contributed by atoms with E-state index in [1.54, 1.807) is 0 Å². The van der Waals surface area contributed by atoms with Crippen LogP contribution in [0.1, 0.15) is 51.9 Å². The van der Waals surface area contributed by atoms with Crippen molar-refractivity contribution in [3.8, 4) is 0 Å². The Morgan fingerprint density at radius 3 is 2.94 bits per heavy atom. The van der Waals surface area contributed by atoms with Gasteiger partial charge in [-0.25, -0.2) is 0 Å². The predicted octanol–water partition coefficient (Wildman–Crippen LogP) is 2.40. The summed E-state index contributed by atoms with van der Waals surface area (Å²) < 4.78 is 0. The van der Waals surface area contributed by atoms with Crippen molar-refractivity contribution in [2.45, 2.75) is 58.0 Å².